The second kappa shape index (κ2) is 7.32. The Morgan fingerprint density at radius 3 is 3.00 bits per heavy atom. The number of aromatic nitrogens is 2. The molecular formula is C19H20ClFN4O2. The van der Waals surface area contributed by atoms with Crippen molar-refractivity contribution in [2.24, 2.45) is 0 Å². The Labute approximate surface area is 161 Å². The molecule has 27 heavy (non-hydrogen) atoms. The van der Waals surface area contributed by atoms with Gasteiger partial charge in [-0.2, -0.15) is 4.98 Å². The van der Waals surface area contributed by atoms with Crippen molar-refractivity contribution in [2.45, 2.75) is 25.8 Å². The fraction of sp³-hybridized carbons (Fsp3) is 0.368. The van der Waals surface area contributed by atoms with Crippen LogP contribution in [0.15, 0.2) is 28.7 Å². The van der Waals surface area contributed by atoms with E-state index >= 15 is 0 Å². The van der Waals surface area contributed by atoms with Gasteiger partial charge in [0.25, 0.3) is 6.01 Å². The maximum absolute atomic E-state index is 13.4. The van der Waals surface area contributed by atoms with Crippen LogP contribution in [0.4, 0.5) is 10.4 Å². The van der Waals surface area contributed by atoms with Gasteiger partial charge in [-0.1, -0.05) is 18.5 Å². The van der Waals surface area contributed by atoms with Crippen LogP contribution in [0.3, 0.4) is 0 Å². The summed E-state index contributed by atoms with van der Waals surface area (Å²) in [6.45, 7) is 5.25. The summed E-state index contributed by atoms with van der Waals surface area (Å²) in [5.74, 6) is -0.876. The van der Waals surface area contributed by atoms with Crippen LogP contribution in [0.2, 0.25) is 5.02 Å². The quantitative estimate of drug-likeness (QED) is 0.692. The van der Waals surface area contributed by atoms with Crippen LogP contribution >= 0.6 is 11.6 Å². The van der Waals surface area contributed by atoms with E-state index in [-0.39, 0.29) is 22.4 Å². The third-order valence-electron chi connectivity index (χ3n) is 4.82. The molecule has 1 aromatic carbocycles. The molecule has 2 N–H and O–H groups in total. The SMILES string of the molecule is CCN1CCC[C@@H](Nc2nc3nc(-c4c(O)cc(F)cc4Cl)ccc3o2)C1. The van der Waals surface area contributed by atoms with E-state index in [1.54, 1.807) is 12.1 Å². The van der Waals surface area contributed by atoms with E-state index in [1.807, 2.05) is 0 Å². The highest BCUT2D eigenvalue weighted by atomic mass is 35.5. The van der Waals surface area contributed by atoms with E-state index in [9.17, 15) is 9.50 Å². The van der Waals surface area contributed by atoms with Gasteiger partial charge in [-0.15, -0.1) is 0 Å². The van der Waals surface area contributed by atoms with Gasteiger partial charge in [-0.25, -0.2) is 9.37 Å². The molecule has 6 nitrogen and oxygen atoms in total. The van der Waals surface area contributed by atoms with E-state index in [0.29, 0.717) is 22.9 Å². The second-order valence-corrected chi connectivity index (χ2v) is 7.10. The number of benzene rings is 1. The molecule has 0 bridgehead atoms. The van der Waals surface area contributed by atoms with Gasteiger partial charge < -0.3 is 19.7 Å². The number of oxazole rings is 1. The fourth-order valence-electron chi connectivity index (χ4n) is 3.47. The normalized spacial score (nSPS) is 18.1. The monoisotopic (exact) mass is 390 g/mol. The first-order valence-electron chi connectivity index (χ1n) is 8.98. The number of phenolic OH excluding ortho intramolecular Hbond substituents is 1. The maximum atomic E-state index is 13.4. The van der Waals surface area contributed by atoms with Crippen molar-refractivity contribution in [1.29, 1.82) is 0 Å². The smallest absolute Gasteiger partial charge is 0.297 e. The number of nitrogens with one attached hydrogen (secondary N) is 1. The highest BCUT2D eigenvalue weighted by Crippen LogP contribution is 2.36. The Bertz CT molecular complexity index is 954. The predicted octanol–water partition coefficient (Wildman–Crippen LogP) is 4.28. The first-order chi connectivity index (χ1) is 13.0. The summed E-state index contributed by atoms with van der Waals surface area (Å²) < 4.78 is 19.1. The molecule has 4 rings (SSSR count). The number of hydrogen-bond acceptors (Lipinski definition) is 6. The second-order valence-electron chi connectivity index (χ2n) is 6.70. The summed E-state index contributed by atoms with van der Waals surface area (Å²) in [5.41, 5.74) is 1.60. The molecule has 8 heteroatoms. The molecule has 0 radical (unpaired) electrons. The van der Waals surface area contributed by atoms with Gasteiger partial charge in [-0.05, 0) is 44.1 Å². The molecule has 1 aliphatic rings. The summed E-state index contributed by atoms with van der Waals surface area (Å²) >= 11 is 6.08. The summed E-state index contributed by atoms with van der Waals surface area (Å²) in [5, 5.41) is 13.5. The number of piperidine rings is 1. The van der Waals surface area contributed by atoms with Crippen molar-refractivity contribution in [3.8, 4) is 17.0 Å². The topological polar surface area (TPSA) is 74.4 Å². The van der Waals surface area contributed by atoms with E-state index < -0.39 is 5.82 Å². The largest absolute Gasteiger partial charge is 0.507 e. The molecule has 0 amide bonds. The van der Waals surface area contributed by atoms with Gasteiger partial charge in [0.05, 0.1) is 16.3 Å². The first-order valence-corrected chi connectivity index (χ1v) is 9.36. The lowest BCUT2D eigenvalue weighted by molar-refractivity contribution is 0.225. The molecule has 0 spiro atoms. The van der Waals surface area contributed by atoms with Gasteiger partial charge >= 0.3 is 0 Å². The summed E-state index contributed by atoms with van der Waals surface area (Å²) in [4.78, 5) is 11.2. The standard InChI is InChI=1S/C19H20ClFN4O2/c1-2-25-7-3-4-12(10-25)22-19-24-18-16(27-19)6-5-14(23-18)17-13(20)8-11(21)9-15(17)26/h5-6,8-9,12,26H,2-4,7,10H2,1H3,(H,22,23,24)/t12-/m1/s1. The van der Waals surface area contributed by atoms with E-state index in [0.717, 1.165) is 44.6 Å². The van der Waals surface area contributed by atoms with E-state index in [4.69, 9.17) is 16.0 Å². The van der Waals surface area contributed by atoms with Crippen LogP contribution in [0.5, 0.6) is 5.75 Å². The zero-order chi connectivity index (χ0) is 19.0. The third-order valence-corrected chi connectivity index (χ3v) is 5.12. The molecule has 0 aliphatic carbocycles. The number of anilines is 1. The number of rotatable bonds is 4. The highest BCUT2D eigenvalue weighted by Gasteiger charge is 2.21. The van der Waals surface area contributed by atoms with Gasteiger partial charge in [0.15, 0.2) is 5.58 Å². The number of pyridine rings is 1. The minimum Gasteiger partial charge on any atom is -0.507 e. The maximum Gasteiger partial charge on any atom is 0.297 e. The number of fused-ring (bicyclic) bond motifs is 1. The van der Waals surface area contributed by atoms with Gasteiger partial charge in [0.1, 0.15) is 11.6 Å². The summed E-state index contributed by atoms with van der Waals surface area (Å²) in [6.07, 6.45) is 2.20. The number of hydrogen-bond donors (Lipinski definition) is 2. The number of likely N-dealkylation sites (tertiary alicyclic amines) is 1. The number of nitrogens with zero attached hydrogens (tertiary/aromatic N) is 3. The minimum absolute atomic E-state index is 0.0862. The molecule has 0 unspecified atom stereocenters. The van der Waals surface area contributed by atoms with Gasteiger partial charge in [-0.3, -0.25) is 0 Å². The van der Waals surface area contributed by atoms with E-state index in [2.05, 4.69) is 27.1 Å². The van der Waals surface area contributed by atoms with Crippen molar-refractivity contribution in [2.75, 3.05) is 25.0 Å². The van der Waals surface area contributed by atoms with Gasteiger partial charge in [0, 0.05) is 18.7 Å². The van der Waals surface area contributed by atoms with Crippen molar-refractivity contribution in [1.82, 2.24) is 14.9 Å². The molecule has 1 aliphatic heterocycles. The molecular weight excluding hydrogens is 371 g/mol. The fourth-order valence-corrected chi connectivity index (χ4v) is 3.77. The molecule has 1 fully saturated rings. The van der Waals surface area contributed by atoms with Crippen molar-refractivity contribution in [3.63, 3.8) is 0 Å². The Morgan fingerprint density at radius 1 is 1.37 bits per heavy atom. The van der Waals surface area contributed by atoms with Crippen LogP contribution in [-0.4, -0.2) is 45.7 Å². The molecule has 2 aromatic heterocycles. The molecule has 3 aromatic rings. The van der Waals surface area contributed by atoms with Crippen LogP contribution in [0.1, 0.15) is 19.8 Å². The lowest BCUT2D eigenvalue weighted by Gasteiger charge is -2.31. The molecule has 1 atom stereocenters. The minimum atomic E-state index is -0.608. The third kappa shape index (κ3) is 3.70. The van der Waals surface area contributed by atoms with Crippen LogP contribution in [0.25, 0.3) is 22.5 Å². The van der Waals surface area contributed by atoms with Crippen LogP contribution < -0.4 is 5.32 Å². The van der Waals surface area contributed by atoms with Crippen molar-refractivity contribution in [3.05, 3.63) is 35.1 Å². The molecule has 0 saturated carbocycles. The van der Waals surface area contributed by atoms with Crippen LogP contribution in [-0.2, 0) is 0 Å². The highest BCUT2D eigenvalue weighted by molar-refractivity contribution is 6.33. The number of aromatic hydroxyl groups is 1. The van der Waals surface area contributed by atoms with Crippen LogP contribution in [0, 0.1) is 5.82 Å². The summed E-state index contributed by atoms with van der Waals surface area (Å²) in [6, 6.07) is 6.23. The first kappa shape index (κ1) is 18.0. The Hall–Kier alpha value is -2.38. The predicted molar refractivity (Wildman–Crippen MR) is 103 cm³/mol. The molecule has 3 heterocycles. The zero-order valence-corrected chi connectivity index (χ0v) is 15.6. The van der Waals surface area contributed by atoms with Crippen molar-refractivity contribution >= 4 is 28.8 Å². The zero-order valence-electron chi connectivity index (χ0n) is 14.9. The Balaban J connectivity index is 1.61. The average Bonchev–Trinajstić information content (AvgIpc) is 3.02. The number of phenols is 1. The van der Waals surface area contributed by atoms with Crippen molar-refractivity contribution < 1.29 is 13.9 Å². The lowest BCUT2D eigenvalue weighted by Crippen LogP contribution is -2.41. The van der Waals surface area contributed by atoms with Gasteiger partial charge in [0.2, 0.25) is 5.65 Å². The average molecular weight is 391 g/mol. The molecule has 142 valence electrons. The number of likely N-dealkylation sites (N-methyl/N-ethyl adjacent to an activating group) is 1. The molecule has 1 saturated heterocycles. The Morgan fingerprint density at radius 2 is 2.22 bits per heavy atom. The number of halogens is 2. The summed E-state index contributed by atoms with van der Waals surface area (Å²) in [7, 11) is 0. The Kier molecular flexibility index (Phi) is 4.88. The van der Waals surface area contributed by atoms with E-state index in [1.165, 1.54) is 0 Å². The lowest BCUT2D eigenvalue weighted by atomic mass is 10.1.